The lowest BCUT2D eigenvalue weighted by Crippen LogP contribution is -2.57. The maximum absolute atomic E-state index is 13.5. The van der Waals surface area contributed by atoms with E-state index in [0.717, 1.165) is 18.4 Å². The van der Waals surface area contributed by atoms with Crippen LogP contribution < -0.4 is 0 Å². The molecule has 2 unspecified atom stereocenters. The number of ether oxygens (including phenoxy) is 2. The molecule has 0 aromatic rings. The third kappa shape index (κ3) is 2.84. The number of allylic oxidation sites excluding steroid dienone is 1. The number of methoxy groups -OCH3 is 1. The quantitative estimate of drug-likeness (QED) is 0.556. The van der Waals surface area contributed by atoms with Crippen molar-refractivity contribution in [2.24, 2.45) is 34.5 Å². The molecule has 0 heterocycles. The molecule has 0 spiro atoms. The van der Waals surface area contributed by atoms with Gasteiger partial charge >= 0.3 is 12.1 Å². The molecule has 4 aliphatic carbocycles. The van der Waals surface area contributed by atoms with E-state index in [0.29, 0.717) is 19.3 Å². The Morgan fingerprint density at radius 1 is 1.17 bits per heavy atom. The van der Waals surface area contributed by atoms with Gasteiger partial charge in [0.2, 0.25) is 0 Å². The zero-order valence-electron chi connectivity index (χ0n) is 17.1. The molecule has 4 aliphatic rings. The fraction of sp³-hybridized carbons (Fsp3) is 0.727. The minimum absolute atomic E-state index is 0.0979. The van der Waals surface area contributed by atoms with Crippen LogP contribution in [0.25, 0.3) is 0 Å². The highest BCUT2D eigenvalue weighted by Crippen LogP contribution is 2.64. The van der Waals surface area contributed by atoms with Gasteiger partial charge in [0.25, 0.3) is 0 Å². The first-order chi connectivity index (χ1) is 13.6. The number of hydrogen-bond donors (Lipinski definition) is 1. The van der Waals surface area contributed by atoms with Crippen LogP contribution in [0.5, 0.6) is 0 Å². The lowest BCUT2D eigenvalue weighted by molar-refractivity contribution is -0.156. The second-order valence-corrected chi connectivity index (χ2v) is 9.66. The van der Waals surface area contributed by atoms with Gasteiger partial charge in [-0.05, 0) is 50.0 Å². The van der Waals surface area contributed by atoms with Crippen LogP contribution in [-0.4, -0.2) is 42.0 Å². The van der Waals surface area contributed by atoms with Crippen molar-refractivity contribution in [2.45, 2.75) is 58.5 Å². The summed E-state index contributed by atoms with van der Waals surface area (Å²) in [5.41, 5.74) is -0.0983. The molecule has 7 heteroatoms. The standard InChI is InChI=1S/C22H28O7/c1-21-9-13(19(25)26)15(23)8-11(21)4-5-12-14-6-7-17(29-20(27)28-3)22(14,2)10-16(24)18(12)21/h8,12-14,17-18H,4-7,9-10H2,1-3H3,(H,25,26)/t12-,13?,14-,17?,18-,21-,22-/m0/s1. The van der Waals surface area contributed by atoms with Gasteiger partial charge in [-0.3, -0.25) is 14.4 Å². The number of rotatable bonds is 2. The van der Waals surface area contributed by atoms with Crippen LogP contribution in [0.4, 0.5) is 4.79 Å². The normalized spacial score (nSPS) is 43.6. The highest BCUT2D eigenvalue weighted by atomic mass is 16.7. The van der Waals surface area contributed by atoms with Gasteiger partial charge in [-0.15, -0.1) is 0 Å². The predicted octanol–water partition coefficient (Wildman–Crippen LogP) is 3.16. The Balaban J connectivity index is 1.67. The Hall–Kier alpha value is -2.18. The SMILES string of the molecule is COC(=O)OC1CC[C@H]2[C@@H]3CCC4=CC(=O)C(C(=O)O)C[C@]4(C)[C@@H]3C(=O)C[C@]12C. The van der Waals surface area contributed by atoms with Gasteiger partial charge < -0.3 is 14.6 Å². The summed E-state index contributed by atoms with van der Waals surface area (Å²) in [6.45, 7) is 4.00. The molecule has 0 bridgehead atoms. The molecule has 158 valence electrons. The van der Waals surface area contributed by atoms with E-state index in [9.17, 15) is 24.3 Å². The largest absolute Gasteiger partial charge is 0.508 e. The topological polar surface area (TPSA) is 107 Å². The number of Topliss-reactive ketones (excluding diaryl/α,β-unsaturated/α-hetero) is 1. The molecule has 7 nitrogen and oxygen atoms in total. The first kappa shape index (κ1) is 20.1. The summed E-state index contributed by atoms with van der Waals surface area (Å²) in [4.78, 5) is 49.1. The Bertz CT molecular complexity index is 814. The fourth-order valence-corrected chi connectivity index (χ4v) is 7.00. The molecular formula is C22H28O7. The Morgan fingerprint density at radius 3 is 2.55 bits per heavy atom. The molecule has 7 atom stereocenters. The highest BCUT2D eigenvalue weighted by molar-refractivity contribution is 6.06. The van der Waals surface area contributed by atoms with Crippen LogP contribution in [0.2, 0.25) is 0 Å². The molecular weight excluding hydrogens is 376 g/mol. The minimum atomic E-state index is -1.12. The van der Waals surface area contributed by atoms with Gasteiger partial charge in [0.1, 0.15) is 17.8 Å². The molecule has 0 radical (unpaired) electrons. The second-order valence-electron chi connectivity index (χ2n) is 9.66. The van der Waals surface area contributed by atoms with E-state index < -0.39 is 28.9 Å². The van der Waals surface area contributed by atoms with Gasteiger partial charge in [0, 0.05) is 23.2 Å². The number of carbonyl (C=O) groups excluding carboxylic acids is 3. The van der Waals surface area contributed by atoms with Crippen molar-refractivity contribution < 1.29 is 33.8 Å². The number of ketones is 2. The number of carbonyl (C=O) groups is 4. The zero-order valence-corrected chi connectivity index (χ0v) is 17.1. The smallest absolute Gasteiger partial charge is 0.481 e. The number of aliphatic carboxylic acids is 1. The molecule has 0 aliphatic heterocycles. The van der Waals surface area contributed by atoms with Crippen molar-refractivity contribution in [1.82, 2.24) is 0 Å². The summed E-state index contributed by atoms with van der Waals surface area (Å²) in [5, 5.41) is 9.51. The van der Waals surface area contributed by atoms with E-state index in [2.05, 4.69) is 4.74 Å². The Labute approximate surface area is 169 Å². The van der Waals surface area contributed by atoms with Crippen molar-refractivity contribution in [2.75, 3.05) is 7.11 Å². The maximum Gasteiger partial charge on any atom is 0.508 e. The summed E-state index contributed by atoms with van der Waals surface area (Å²) in [7, 11) is 1.28. The van der Waals surface area contributed by atoms with Crippen LogP contribution in [0.1, 0.15) is 52.4 Å². The Kier molecular flexibility index (Phi) is 4.63. The first-order valence-electron chi connectivity index (χ1n) is 10.4. The highest BCUT2D eigenvalue weighted by Gasteiger charge is 2.64. The molecule has 0 amide bonds. The van der Waals surface area contributed by atoms with Crippen molar-refractivity contribution in [3.05, 3.63) is 11.6 Å². The minimum Gasteiger partial charge on any atom is -0.481 e. The van der Waals surface area contributed by atoms with E-state index in [4.69, 9.17) is 4.74 Å². The monoisotopic (exact) mass is 404 g/mol. The lowest BCUT2D eigenvalue weighted by atomic mass is 9.46. The third-order valence-corrected chi connectivity index (χ3v) is 8.33. The van der Waals surface area contributed by atoms with Crippen molar-refractivity contribution in [3.8, 4) is 0 Å². The van der Waals surface area contributed by atoms with E-state index in [1.165, 1.54) is 13.2 Å². The van der Waals surface area contributed by atoms with Crippen LogP contribution in [-0.2, 0) is 23.9 Å². The predicted molar refractivity (Wildman–Crippen MR) is 101 cm³/mol. The van der Waals surface area contributed by atoms with Crippen LogP contribution >= 0.6 is 0 Å². The summed E-state index contributed by atoms with van der Waals surface area (Å²) >= 11 is 0. The van der Waals surface area contributed by atoms with E-state index in [-0.39, 0.29) is 41.8 Å². The summed E-state index contributed by atoms with van der Waals surface area (Å²) in [6.07, 6.45) is 3.98. The lowest BCUT2D eigenvalue weighted by Gasteiger charge is -2.57. The fourth-order valence-electron chi connectivity index (χ4n) is 7.00. The molecule has 0 aromatic carbocycles. The molecule has 0 saturated heterocycles. The van der Waals surface area contributed by atoms with Crippen molar-refractivity contribution in [3.63, 3.8) is 0 Å². The van der Waals surface area contributed by atoms with Crippen molar-refractivity contribution >= 4 is 23.7 Å². The molecule has 3 saturated carbocycles. The Morgan fingerprint density at radius 2 is 1.90 bits per heavy atom. The average Bonchev–Trinajstić information content (AvgIpc) is 2.97. The van der Waals surface area contributed by atoms with Crippen LogP contribution in [0, 0.1) is 34.5 Å². The average molecular weight is 404 g/mol. The molecule has 0 aromatic heterocycles. The molecule has 29 heavy (non-hydrogen) atoms. The summed E-state index contributed by atoms with van der Waals surface area (Å²) < 4.78 is 10.2. The van der Waals surface area contributed by atoms with Gasteiger partial charge in [0.05, 0.1) is 7.11 Å². The van der Waals surface area contributed by atoms with E-state index in [1.807, 2.05) is 13.8 Å². The number of carboxylic acids is 1. The van der Waals surface area contributed by atoms with Crippen LogP contribution in [0.3, 0.4) is 0 Å². The zero-order chi connectivity index (χ0) is 21.1. The number of hydrogen-bond acceptors (Lipinski definition) is 6. The van der Waals surface area contributed by atoms with Gasteiger partial charge in [-0.25, -0.2) is 4.79 Å². The number of fused-ring (bicyclic) bond motifs is 5. The van der Waals surface area contributed by atoms with Gasteiger partial charge in [-0.1, -0.05) is 19.4 Å². The second kappa shape index (κ2) is 6.67. The van der Waals surface area contributed by atoms with Crippen molar-refractivity contribution in [1.29, 1.82) is 0 Å². The number of carboxylic acid groups (broad SMARTS) is 1. The van der Waals surface area contributed by atoms with E-state index in [1.54, 1.807) is 0 Å². The van der Waals surface area contributed by atoms with Crippen LogP contribution in [0.15, 0.2) is 11.6 Å². The summed E-state index contributed by atoms with van der Waals surface area (Å²) in [5.74, 6) is -2.41. The maximum atomic E-state index is 13.5. The third-order valence-electron chi connectivity index (χ3n) is 8.33. The summed E-state index contributed by atoms with van der Waals surface area (Å²) in [6, 6.07) is 0. The molecule has 1 N–H and O–H groups in total. The molecule has 3 fully saturated rings. The van der Waals surface area contributed by atoms with E-state index >= 15 is 0 Å². The first-order valence-corrected chi connectivity index (χ1v) is 10.4. The molecule has 4 rings (SSSR count). The van der Waals surface area contributed by atoms with Gasteiger partial charge in [0.15, 0.2) is 5.78 Å². The van der Waals surface area contributed by atoms with Gasteiger partial charge in [-0.2, -0.15) is 0 Å².